The van der Waals surface area contributed by atoms with Crippen molar-refractivity contribution in [3.05, 3.63) is 29.3 Å². The zero-order chi connectivity index (χ0) is 13.1. The molecule has 1 heterocycles. The van der Waals surface area contributed by atoms with E-state index in [1.165, 1.54) is 11.1 Å². The lowest BCUT2D eigenvalue weighted by molar-refractivity contribution is -0.141. The highest BCUT2D eigenvalue weighted by Crippen LogP contribution is 2.33. The van der Waals surface area contributed by atoms with E-state index in [-0.39, 0.29) is 12.0 Å². The molecule has 1 saturated heterocycles. The van der Waals surface area contributed by atoms with E-state index in [2.05, 4.69) is 18.3 Å². The number of benzene rings is 1. The Morgan fingerprint density at radius 1 is 1.56 bits per heavy atom. The van der Waals surface area contributed by atoms with E-state index >= 15 is 0 Å². The van der Waals surface area contributed by atoms with Crippen LogP contribution >= 0.6 is 0 Å². The Morgan fingerprint density at radius 3 is 2.89 bits per heavy atom. The fourth-order valence-corrected chi connectivity index (χ4v) is 2.64. The van der Waals surface area contributed by atoms with Gasteiger partial charge in [-0.25, -0.2) is 0 Å². The molecule has 0 aliphatic carbocycles. The number of nitrogens with one attached hydrogen (secondary N) is 1. The summed E-state index contributed by atoms with van der Waals surface area (Å²) in [5, 5.41) is 12.3. The number of aliphatic carboxylic acids is 1. The molecule has 2 unspecified atom stereocenters. The predicted molar refractivity (Wildman–Crippen MR) is 68.9 cm³/mol. The van der Waals surface area contributed by atoms with Gasteiger partial charge in [0, 0.05) is 12.6 Å². The molecular formula is C14H19NO3. The van der Waals surface area contributed by atoms with Crippen molar-refractivity contribution in [1.82, 2.24) is 5.32 Å². The molecule has 2 rings (SSSR count). The third kappa shape index (κ3) is 2.34. The van der Waals surface area contributed by atoms with Gasteiger partial charge in [0.15, 0.2) is 0 Å². The summed E-state index contributed by atoms with van der Waals surface area (Å²) in [4.78, 5) is 11.0. The zero-order valence-corrected chi connectivity index (χ0v) is 10.8. The van der Waals surface area contributed by atoms with Gasteiger partial charge in [-0.05, 0) is 30.0 Å². The molecular weight excluding hydrogens is 230 g/mol. The van der Waals surface area contributed by atoms with Crippen LogP contribution in [0, 0.1) is 5.92 Å². The van der Waals surface area contributed by atoms with Crippen LogP contribution in [0.5, 0.6) is 5.75 Å². The van der Waals surface area contributed by atoms with Crippen molar-refractivity contribution in [3.63, 3.8) is 0 Å². The van der Waals surface area contributed by atoms with Crippen LogP contribution in [-0.2, 0) is 11.2 Å². The highest BCUT2D eigenvalue weighted by molar-refractivity contribution is 5.71. The van der Waals surface area contributed by atoms with Gasteiger partial charge in [-0.15, -0.1) is 0 Å². The van der Waals surface area contributed by atoms with E-state index in [0.29, 0.717) is 13.0 Å². The second-order valence-corrected chi connectivity index (χ2v) is 4.61. The average Bonchev–Trinajstić information content (AvgIpc) is 2.87. The third-order valence-corrected chi connectivity index (χ3v) is 3.60. The first kappa shape index (κ1) is 12.9. The van der Waals surface area contributed by atoms with Crippen molar-refractivity contribution in [2.45, 2.75) is 25.8 Å². The first-order chi connectivity index (χ1) is 8.67. The van der Waals surface area contributed by atoms with Crippen LogP contribution in [0.25, 0.3) is 0 Å². The van der Waals surface area contributed by atoms with Crippen LogP contribution in [0.2, 0.25) is 0 Å². The first-order valence-corrected chi connectivity index (χ1v) is 6.29. The van der Waals surface area contributed by atoms with Crippen LogP contribution in [0.3, 0.4) is 0 Å². The van der Waals surface area contributed by atoms with Gasteiger partial charge in [0.25, 0.3) is 0 Å². The third-order valence-electron chi connectivity index (χ3n) is 3.60. The van der Waals surface area contributed by atoms with E-state index < -0.39 is 5.97 Å². The fourth-order valence-electron chi connectivity index (χ4n) is 2.64. The normalized spacial score (nSPS) is 23.0. The Kier molecular flexibility index (Phi) is 3.87. The lowest BCUT2D eigenvalue weighted by Gasteiger charge is -2.17. The second-order valence-electron chi connectivity index (χ2n) is 4.61. The summed E-state index contributed by atoms with van der Waals surface area (Å²) >= 11 is 0. The molecule has 1 aromatic rings. The number of hydrogen-bond donors (Lipinski definition) is 2. The molecule has 98 valence electrons. The molecule has 0 amide bonds. The number of carboxylic acids is 1. The number of hydrogen-bond acceptors (Lipinski definition) is 3. The maximum Gasteiger partial charge on any atom is 0.307 e. The Bertz CT molecular complexity index is 445. The van der Waals surface area contributed by atoms with E-state index in [4.69, 9.17) is 9.84 Å². The molecule has 1 aliphatic rings. The van der Waals surface area contributed by atoms with Crippen LogP contribution in [-0.4, -0.2) is 24.7 Å². The monoisotopic (exact) mass is 249 g/mol. The van der Waals surface area contributed by atoms with Gasteiger partial charge in [-0.2, -0.15) is 0 Å². The Balaban J connectivity index is 2.26. The van der Waals surface area contributed by atoms with Crippen molar-refractivity contribution in [1.29, 1.82) is 0 Å². The van der Waals surface area contributed by atoms with E-state index in [1.54, 1.807) is 7.11 Å². The summed E-state index contributed by atoms with van der Waals surface area (Å²) in [6.45, 7) is 2.63. The van der Waals surface area contributed by atoms with E-state index in [1.807, 2.05) is 12.1 Å². The minimum absolute atomic E-state index is 0.121. The Labute approximate surface area is 107 Å². The van der Waals surface area contributed by atoms with Crippen molar-refractivity contribution in [3.8, 4) is 5.75 Å². The Hall–Kier alpha value is -1.55. The molecule has 2 N–H and O–H groups in total. The number of methoxy groups -OCH3 is 1. The smallest absolute Gasteiger partial charge is 0.307 e. The summed E-state index contributed by atoms with van der Waals surface area (Å²) in [5.41, 5.74) is 2.34. The highest BCUT2D eigenvalue weighted by atomic mass is 16.5. The van der Waals surface area contributed by atoms with Crippen molar-refractivity contribution in [2.24, 2.45) is 5.92 Å². The fraction of sp³-hybridized carbons (Fsp3) is 0.500. The molecule has 2 atom stereocenters. The SMILES string of the molecule is CCc1c(OC)cccc1C1CC(C(=O)O)CN1. The van der Waals surface area contributed by atoms with Gasteiger partial charge >= 0.3 is 5.97 Å². The second kappa shape index (κ2) is 5.40. The minimum Gasteiger partial charge on any atom is -0.496 e. The first-order valence-electron chi connectivity index (χ1n) is 6.29. The van der Waals surface area contributed by atoms with E-state index in [0.717, 1.165) is 12.2 Å². The number of rotatable bonds is 4. The van der Waals surface area contributed by atoms with Gasteiger partial charge in [0.2, 0.25) is 0 Å². The van der Waals surface area contributed by atoms with Gasteiger partial charge in [0.05, 0.1) is 13.0 Å². The molecule has 1 fully saturated rings. The summed E-state index contributed by atoms with van der Waals surface area (Å²) in [6, 6.07) is 6.09. The molecule has 4 heteroatoms. The summed E-state index contributed by atoms with van der Waals surface area (Å²) in [7, 11) is 1.67. The van der Waals surface area contributed by atoms with Crippen LogP contribution in [0.15, 0.2) is 18.2 Å². The standard InChI is InChI=1S/C14H19NO3/c1-3-10-11(5-4-6-13(10)18-2)12-7-9(8-15-12)14(16)17/h4-6,9,12,15H,3,7-8H2,1-2H3,(H,16,17). The van der Waals surface area contributed by atoms with Crippen LogP contribution < -0.4 is 10.1 Å². The van der Waals surface area contributed by atoms with E-state index in [9.17, 15) is 4.79 Å². The van der Waals surface area contributed by atoms with Gasteiger partial charge in [0.1, 0.15) is 5.75 Å². The number of ether oxygens (including phenoxy) is 1. The van der Waals surface area contributed by atoms with Crippen LogP contribution in [0.1, 0.15) is 30.5 Å². The maximum absolute atomic E-state index is 11.0. The van der Waals surface area contributed by atoms with Gasteiger partial charge < -0.3 is 15.2 Å². The lowest BCUT2D eigenvalue weighted by Crippen LogP contribution is -2.17. The van der Waals surface area contributed by atoms with Gasteiger partial charge in [-0.1, -0.05) is 19.1 Å². The van der Waals surface area contributed by atoms with Crippen molar-refractivity contribution >= 4 is 5.97 Å². The number of carboxylic acid groups (broad SMARTS) is 1. The molecule has 4 nitrogen and oxygen atoms in total. The largest absolute Gasteiger partial charge is 0.496 e. The minimum atomic E-state index is -0.717. The zero-order valence-electron chi connectivity index (χ0n) is 10.8. The average molecular weight is 249 g/mol. The molecule has 0 spiro atoms. The maximum atomic E-state index is 11.0. The lowest BCUT2D eigenvalue weighted by atomic mass is 9.94. The number of carbonyl (C=O) groups is 1. The highest BCUT2D eigenvalue weighted by Gasteiger charge is 2.31. The molecule has 1 aromatic carbocycles. The molecule has 0 radical (unpaired) electrons. The van der Waals surface area contributed by atoms with Crippen LogP contribution in [0.4, 0.5) is 0 Å². The molecule has 0 bridgehead atoms. The quantitative estimate of drug-likeness (QED) is 0.856. The van der Waals surface area contributed by atoms with Crippen molar-refractivity contribution < 1.29 is 14.6 Å². The molecule has 1 aliphatic heterocycles. The summed E-state index contributed by atoms with van der Waals surface area (Å²) in [6.07, 6.45) is 1.53. The summed E-state index contributed by atoms with van der Waals surface area (Å²) < 4.78 is 5.37. The molecule has 0 saturated carbocycles. The predicted octanol–water partition coefficient (Wildman–Crippen LogP) is 1.99. The van der Waals surface area contributed by atoms with Gasteiger partial charge in [-0.3, -0.25) is 4.79 Å². The molecule has 0 aromatic heterocycles. The summed E-state index contributed by atoms with van der Waals surface area (Å²) in [5.74, 6) is -0.118. The topological polar surface area (TPSA) is 58.6 Å². The van der Waals surface area contributed by atoms with Crippen molar-refractivity contribution in [2.75, 3.05) is 13.7 Å². The molecule has 18 heavy (non-hydrogen) atoms. The Morgan fingerprint density at radius 2 is 2.33 bits per heavy atom.